The Labute approximate surface area is 144 Å². The highest BCUT2D eigenvalue weighted by atomic mass is 16.3. The molecule has 0 bridgehead atoms. The number of amides is 2. The number of fused-ring (bicyclic) bond motifs is 2. The lowest BCUT2D eigenvalue weighted by Gasteiger charge is -2.19. The van der Waals surface area contributed by atoms with Gasteiger partial charge in [0.2, 0.25) is 0 Å². The molecule has 2 amide bonds. The number of β-amino-alcohol motifs (C(OH)–C–C–N with tert-alkyl or cyclic N) is 1. The average Bonchev–Trinajstić information content (AvgIpc) is 3.05. The number of benzene rings is 2. The van der Waals surface area contributed by atoms with Gasteiger partial charge >= 0.3 is 0 Å². The fourth-order valence-electron chi connectivity index (χ4n) is 3.31. The van der Waals surface area contributed by atoms with Crippen LogP contribution in [0.3, 0.4) is 0 Å². The van der Waals surface area contributed by atoms with Crippen LogP contribution in [0.25, 0.3) is 11.0 Å². The molecule has 2 heterocycles. The van der Waals surface area contributed by atoms with Crippen LogP contribution in [0, 0.1) is 6.92 Å². The summed E-state index contributed by atoms with van der Waals surface area (Å²) < 4.78 is 1.90. The van der Waals surface area contributed by atoms with E-state index in [1.165, 1.54) is 0 Å². The topological polar surface area (TPSA) is 75.4 Å². The summed E-state index contributed by atoms with van der Waals surface area (Å²) in [5.41, 5.74) is 2.56. The minimum absolute atomic E-state index is 0.0434. The first-order valence-electron chi connectivity index (χ1n) is 8.11. The van der Waals surface area contributed by atoms with Crippen molar-refractivity contribution in [3.63, 3.8) is 0 Å². The quantitative estimate of drug-likeness (QED) is 0.740. The van der Waals surface area contributed by atoms with Crippen LogP contribution in [0.4, 0.5) is 0 Å². The summed E-state index contributed by atoms with van der Waals surface area (Å²) in [6, 6.07) is 14.4. The molecule has 1 aromatic heterocycles. The lowest BCUT2D eigenvalue weighted by atomic mass is 10.1. The smallest absolute Gasteiger partial charge is 0.261 e. The second-order valence-corrected chi connectivity index (χ2v) is 6.18. The molecular weight excluding hydrogens is 318 g/mol. The van der Waals surface area contributed by atoms with Crippen molar-refractivity contribution in [1.82, 2.24) is 14.5 Å². The molecule has 0 saturated heterocycles. The second kappa shape index (κ2) is 5.82. The van der Waals surface area contributed by atoms with Gasteiger partial charge in [-0.15, -0.1) is 0 Å². The second-order valence-electron chi connectivity index (χ2n) is 6.18. The number of nitrogens with zero attached hydrogens (tertiary/aromatic N) is 3. The molecule has 1 aliphatic heterocycles. The molecule has 0 fully saturated rings. The highest BCUT2D eigenvalue weighted by molar-refractivity contribution is 6.21. The lowest BCUT2D eigenvalue weighted by molar-refractivity contribution is 0.0522. The maximum atomic E-state index is 12.4. The summed E-state index contributed by atoms with van der Waals surface area (Å²) >= 11 is 0. The molecule has 6 nitrogen and oxygen atoms in total. The van der Waals surface area contributed by atoms with E-state index < -0.39 is 6.10 Å². The number of aliphatic hydroxyl groups is 1. The standard InChI is InChI=1S/C19H17N3O3/c1-12-20-16-8-4-5-9-17(16)21(12)10-13(23)11-22-18(24)14-6-2-3-7-15(14)19(22)25/h2-9,13,23H,10-11H2,1H3/t13-/m1/s1. The van der Waals surface area contributed by atoms with Crippen LogP contribution in [0.2, 0.25) is 0 Å². The number of aryl methyl sites for hydroxylation is 1. The van der Waals surface area contributed by atoms with Crippen molar-refractivity contribution in [1.29, 1.82) is 0 Å². The van der Waals surface area contributed by atoms with Crippen LogP contribution < -0.4 is 0 Å². The number of carbonyl (C=O) groups excluding carboxylic acids is 2. The molecule has 126 valence electrons. The van der Waals surface area contributed by atoms with E-state index in [0.717, 1.165) is 21.8 Å². The molecule has 1 N–H and O–H groups in total. The third-order valence-corrected chi connectivity index (χ3v) is 4.51. The number of aliphatic hydroxyl groups excluding tert-OH is 1. The summed E-state index contributed by atoms with van der Waals surface area (Å²) in [6.07, 6.45) is -0.876. The Morgan fingerprint density at radius 3 is 2.24 bits per heavy atom. The predicted octanol–water partition coefficient (Wildman–Crippen LogP) is 2.00. The van der Waals surface area contributed by atoms with E-state index in [0.29, 0.717) is 11.1 Å². The van der Waals surface area contributed by atoms with Crippen molar-refractivity contribution in [3.8, 4) is 0 Å². The van der Waals surface area contributed by atoms with Crippen LogP contribution in [0.1, 0.15) is 26.5 Å². The number of carbonyl (C=O) groups is 2. The molecule has 0 saturated carbocycles. The first-order valence-corrected chi connectivity index (χ1v) is 8.11. The maximum Gasteiger partial charge on any atom is 0.261 e. The Bertz CT molecular complexity index is 957. The van der Waals surface area contributed by atoms with E-state index in [9.17, 15) is 14.7 Å². The molecule has 3 aromatic rings. The fraction of sp³-hybridized carbons (Fsp3) is 0.211. The van der Waals surface area contributed by atoms with Crippen molar-refractivity contribution in [3.05, 3.63) is 65.5 Å². The van der Waals surface area contributed by atoms with E-state index in [2.05, 4.69) is 4.98 Å². The molecule has 0 spiro atoms. The number of aromatic nitrogens is 2. The first kappa shape index (κ1) is 15.5. The zero-order valence-electron chi connectivity index (χ0n) is 13.7. The Morgan fingerprint density at radius 1 is 0.960 bits per heavy atom. The average molecular weight is 335 g/mol. The summed E-state index contributed by atoms with van der Waals surface area (Å²) in [7, 11) is 0. The van der Waals surface area contributed by atoms with Gasteiger partial charge in [-0.2, -0.15) is 0 Å². The summed E-state index contributed by atoms with van der Waals surface area (Å²) in [6.45, 7) is 2.09. The van der Waals surface area contributed by atoms with Gasteiger partial charge in [0.1, 0.15) is 5.82 Å². The largest absolute Gasteiger partial charge is 0.389 e. The SMILES string of the molecule is Cc1nc2ccccc2n1C[C@@H](O)CN1C(=O)c2ccccc2C1=O. The number of imide groups is 1. The number of hydrogen-bond donors (Lipinski definition) is 1. The van der Waals surface area contributed by atoms with Gasteiger partial charge in [-0.3, -0.25) is 14.5 Å². The van der Waals surface area contributed by atoms with E-state index in [1.807, 2.05) is 35.8 Å². The maximum absolute atomic E-state index is 12.4. The molecule has 0 unspecified atom stereocenters. The van der Waals surface area contributed by atoms with Gasteiger partial charge in [0.15, 0.2) is 0 Å². The highest BCUT2D eigenvalue weighted by Gasteiger charge is 2.36. The lowest BCUT2D eigenvalue weighted by Crippen LogP contribution is -2.38. The fourth-order valence-corrected chi connectivity index (χ4v) is 3.31. The monoisotopic (exact) mass is 335 g/mol. The van der Waals surface area contributed by atoms with Gasteiger partial charge in [0, 0.05) is 0 Å². The number of para-hydroxylation sites is 2. The van der Waals surface area contributed by atoms with E-state index in [-0.39, 0.29) is 24.9 Å². The van der Waals surface area contributed by atoms with E-state index in [1.54, 1.807) is 24.3 Å². The Kier molecular flexibility index (Phi) is 3.62. The van der Waals surface area contributed by atoms with Gasteiger partial charge < -0.3 is 9.67 Å². The van der Waals surface area contributed by atoms with Crippen LogP contribution in [-0.4, -0.2) is 44.0 Å². The van der Waals surface area contributed by atoms with Crippen molar-refractivity contribution in [2.45, 2.75) is 19.6 Å². The minimum Gasteiger partial charge on any atom is -0.389 e. The normalized spacial score (nSPS) is 15.0. The molecule has 1 aliphatic rings. The molecule has 1 atom stereocenters. The summed E-state index contributed by atoms with van der Waals surface area (Å²) in [5, 5.41) is 10.5. The zero-order chi connectivity index (χ0) is 17.6. The van der Waals surface area contributed by atoms with E-state index >= 15 is 0 Å². The zero-order valence-corrected chi connectivity index (χ0v) is 13.7. The molecule has 25 heavy (non-hydrogen) atoms. The van der Waals surface area contributed by atoms with Crippen molar-refractivity contribution in [2.75, 3.05) is 6.54 Å². The Morgan fingerprint density at radius 2 is 1.56 bits per heavy atom. The van der Waals surface area contributed by atoms with Crippen LogP contribution in [-0.2, 0) is 6.54 Å². The van der Waals surface area contributed by atoms with Gasteiger partial charge in [-0.1, -0.05) is 24.3 Å². The molecule has 0 aliphatic carbocycles. The number of hydrogen-bond acceptors (Lipinski definition) is 4. The molecule has 6 heteroatoms. The summed E-state index contributed by atoms with van der Waals surface area (Å²) in [5.74, 6) is 0.0707. The van der Waals surface area contributed by atoms with Crippen molar-refractivity contribution >= 4 is 22.8 Å². The van der Waals surface area contributed by atoms with Crippen LogP contribution >= 0.6 is 0 Å². The molecule has 4 rings (SSSR count). The van der Waals surface area contributed by atoms with E-state index in [4.69, 9.17) is 0 Å². The predicted molar refractivity (Wildman–Crippen MR) is 92.3 cm³/mol. The number of rotatable bonds is 4. The third-order valence-electron chi connectivity index (χ3n) is 4.51. The highest BCUT2D eigenvalue weighted by Crippen LogP contribution is 2.23. The van der Waals surface area contributed by atoms with Gasteiger partial charge in [0.05, 0.1) is 41.4 Å². The van der Waals surface area contributed by atoms with Crippen LogP contribution in [0.15, 0.2) is 48.5 Å². The Hall–Kier alpha value is -2.99. The first-order chi connectivity index (χ1) is 12.1. The number of imidazole rings is 1. The van der Waals surface area contributed by atoms with Crippen molar-refractivity contribution < 1.29 is 14.7 Å². The molecular formula is C19H17N3O3. The van der Waals surface area contributed by atoms with Gasteiger partial charge in [-0.25, -0.2) is 4.98 Å². The molecule has 0 radical (unpaired) electrons. The van der Waals surface area contributed by atoms with Crippen molar-refractivity contribution in [2.24, 2.45) is 0 Å². The third kappa shape index (κ3) is 2.51. The van der Waals surface area contributed by atoms with Gasteiger partial charge in [-0.05, 0) is 31.2 Å². The summed E-state index contributed by atoms with van der Waals surface area (Å²) in [4.78, 5) is 30.4. The Balaban J connectivity index is 1.55. The molecule has 2 aromatic carbocycles. The van der Waals surface area contributed by atoms with Gasteiger partial charge in [0.25, 0.3) is 11.8 Å². The minimum atomic E-state index is -0.876. The van der Waals surface area contributed by atoms with Crippen LogP contribution in [0.5, 0.6) is 0 Å².